The average molecular weight is 261 g/mol. The summed E-state index contributed by atoms with van der Waals surface area (Å²) in [5.41, 5.74) is 4.74. The fourth-order valence-electron chi connectivity index (χ4n) is 0.940. The molecule has 94 valence electrons. The smallest absolute Gasteiger partial charge is 0.351 e. The normalized spacial score (nSPS) is 12.1. The summed E-state index contributed by atoms with van der Waals surface area (Å²) in [6.07, 6.45) is 2.59. The monoisotopic (exact) mass is 261 g/mol. The quantitative estimate of drug-likeness (QED) is 0.481. The number of anilines is 1. The van der Waals surface area contributed by atoms with E-state index >= 15 is 0 Å². The molecule has 0 amide bonds. The molecule has 0 aliphatic carbocycles. The fourth-order valence-corrected chi connectivity index (χ4v) is 1.30. The summed E-state index contributed by atoms with van der Waals surface area (Å²) in [6.45, 7) is -0.0977. The van der Waals surface area contributed by atoms with E-state index in [9.17, 15) is 9.36 Å². The largest absolute Gasteiger partial charge is 0.383 e. The Labute approximate surface area is 96.5 Å². The van der Waals surface area contributed by atoms with Crippen molar-refractivity contribution in [1.29, 1.82) is 0 Å². The van der Waals surface area contributed by atoms with Crippen LogP contribution in [0.15, 0.2) is 29.0 Å². The van der Waals surface area contributed by atoms with Crippen molar-refractivity contribution in [2.45, 2.75) is 6.73 Å². The Morgan fingerprint density at radius 2 is 2.29 bits per heavy atom. The Balaban J connectivity index is 2.44. The maximum atomic E-state index is 11.2. The Bertz CT molecular complexity index is 506. The third-order valence-electron chi connectivity index (χ3n) is 1.64. The van der Waals surface area contributed by atoms with Gasteiger partial charge in [0.25, 0.3) is 0 Å². The average Bonchev–Trinajstić information content (AvgIpc) is 2.18. The van der Waals surface area contributed by atoms with E-state index in [1.807, 2.05) is 0 Å². The number of hydrogen-bond acceptors (Lipinski definition) is 5. The van der Waals surface area contributed by atoms with Crippen LogP contribution in [-0.2, 0) is 16.0 Å². The molecule has 0 aliphatic heterocycles. The molecule has 0 saturated carbocycles. The highest BCUT2D eigenvalue weighted by molar-refractivity contribution is 7.55. The SMILES string of the molecule is Nc1ccn(COCC=CP(=O)(O)O)c(=O)n1. The maximum absolute atomic E-state index is 11.2. The molecule has 1 aromatic rings. The molecular weight excluding hydrogens is 249 g/mol. The van der Waals surface area contributed by atoms with Gasteiger partial charge >= 0.3 is 13.3 Å². The summed E-state index contributed by atoms with van der Waals surface area (Å²) in [6, 6.07) is 1.44. The summed E-state index contributed by atoms with van der Waals surface area (Å²) in [4.78, 5) is 31.7. The van der Waals surface area contributed by atoms with Gasteiger partial charge in [0, 0.05) is 12.0 Å². The lowest BCUT2D eigenvalue weighted by molar-refractivity contribution is 0.0966. The van der Waals surface area contributed by atoms with Crippen LogP contribution in [0, 0.1) is 0 Å². The second kappa shape index (κ2) is 5.74. The second-order valence-corrected chi connectivity index (χ2v) is 4.55. The zero-order valence-corrected chi connectivity index (χ0v) is 9.66. The zero-order valence-electron chi connectivity index (χ0n) is 8.76. The molecule has 17 heavy (non-hydrogen) atoms. The Morgan fingerprint density at radius 3 is 2.88 bits per heavy atom. The van der Waals surface area contributed by atoms with E-state index in [0.29, 0.717) is 0 Å². The number of ether oxygens (including phenoxy) is 1. The van der Waals surface area contributed by atoms with Gasteiger partial charge in [0.1, 0.15) is 12.5 Å². The molecule has 1 aromatic heterocycles. The summed E-state index contributed by atoms with van der Waals surface area (Å²) in [7, 11) is -4.15. The second-order valence-electron chi connectivity index (χ2n) is 3.08. The molecule has 0 radical (unpaired) electrons. The molecule has 0 fully saturated rings. The van der Waals surface area contributed by atoms with Gasteiger partial charge < -0.3 is 20.3 Å². The van der Waals surface area contributed by atoms with Gasteiger partial charge in [-0.05, 0) is 6.07 Å². The number of nitrogens with two attached hydrogens (primary N) is 1. The van der Waals surface area contributed by atoms with Crippen LogP contribution in [0.1, 0.15) is 0 Å². The molecule has 0 saturated heterocycles. The first-order valence-electron chi connectivity index (χ1n) is 4.52. The van der Waals surface area contributed by atoms with Crippen LogP contribution < -0.4 is 11.4 Å². The van der Waals surface area contributed by atoms with E-state index in [0.717, 1.165) is 5.82 Å². The van der Waals surface area contributed by atoms with E-state index in [-0.39, 0.29) is 19.2 Å². The lowest BCUT2D eigenvalue weighted by Gasteiger charge is -2.04. The van der Waals surface area contributed by atoms with Crippen molar-refractivity contribution in [2.75, 3.05) is 12.3 Å². The molecule has 0 spiro atoms. The topological polar surface area (TPSA) is 128 Å². The molecule has 8 nitrogen and oxygen atoms in total. The summed E-state index contributed by atoms with van der Waals surface area (Å²) in [5, 5.41) is 0. The van der Waals surface area contributed by atoms with Gasteiger partial charge in [-0.2, -0.15) is 4.98 Å². The van der Waals surface area contributed by atoms with Crippen molar-refractivity contribution in [2.24, 2.45) is 0 Å². The Kier molecular flexibility index (Phi) is 4.59. The van der Waals surface area contributed by atoms with Gasteiger partial charge in [-0.25, -0.2) is 4.79 Å². The van der Waals surface area contributed by atoms with Gasteiger partial charge in [0.15, 0.2) is 0 Å². The lowest BCUT2D eigenvalue weighted by atomic mass is 10.6. The summed E-state index contributed by atoms with van der Waals surface area (Å²) >= 11 is 0. The van der Waals surface area contributed by atoms with Crippen LogP contribution in [0.5, 0.6) is 0 Å². The number of rotatable bonds is 5. The first-order chi connectivity index (χ1) is 7.88. The Hall–Kier alpha value is -1.47. The highest BCUT2D eigenvalue weighted by Crippen LogP contribution is 2.35. The third kappa shape index (κ3) is 5.41. The maximum Gasteiger partial charge on any atom is 0.351 e. The number of nitrogens with zero attached hydrogens (tertiary/aromatic N) is 2. The van der Waals surface area contributed by atoms with Crippen molar-refractivity contribution >= 4 is 13.4 Å². The lowest BCUT2D eigenvalue weighted by Crippen LogP contribution is -2.24. The van der Waals surface area contributed by atoms with E-state index in [1.54, 1.807) is 0 Å². The van der Waals surface area contributed by atoms with E-state index in [1.165, 1.54) is 22.9 Å². The van der Waals surface area contributed by atoms with Crippen molar-refractivity contribution in [1.82, 2.24) is 9.55 Å². The molecule has 9 heteroatoms. The molecular formula is C8H12N3O5P. The first-order valence-corrected chi connectivity index (χ1v) is 6.20. The summed E-state index contributed by atoms with van der Waals surface area (Å²) < 4.78 is 16.6. The zero-order chi connectivity index (χ0) is 12.9. The molecule has 4 N–H and O–H groups in total. The van der Waals surface area contributed by atoms with Gasteiger partial charge in [-0.1, -0.05) is 6.08 Å². The molecule has 0 bridgehead atoms. The molecule has 0 atom stereocenters. The minimum Gasteiger partial charge on any atom is -0.383 e. The molecule has 0 unspecified atom stereocenters. The summed E-state index contributed by atoms with van der Waals surface area (Å²) in [5.74, 6) is 0.851. The first kappa shape index (κ1) is 13.6. The minimum absolute atomic E-state index is 0.0259. The molecule has 0 aliphatic rings. The molecule has 1 heterocycles. The van der Waals surface area contributed by atoms with Crippen LogP contribution in [-0.4, -0.2) is 25.9 Å². The van der Waals surface area contributed by atoms with Gasteiger partial charge in [0.2, 0.25) is 0 Å². The number of aromatic nitrogens is 2. The van der Waals surface area contributed by atoms with Crippen LogP contribution in [0.3, 0.4) is 0 Å². The van der Waals surface area contributed by atoms with Gasteiger partial charge in [-0.3, -0.25) is 9.13 Å². The van der Waals surface area contributed by atoms with Crippen molar-refractivity contribution < 1.29 is 19.1 Å². The van der Waals surface area contributed by atoms with Gasteiger partial charge in [0.05, 0.1) is 6.61 Å². The highest BCUT2D eigenvalue weighted by Gasteiger charge is 2.04. The fraction of sp³-hybridized carbons (Fsp3) is 0.250. The minimum atomic E-state index is -4.15. The Morgan fingerprint density at radius 1 is 1.59 bits per heavy atom. The number of hydrogen-bond donors (Lipinski definition) is 3. The van der Waals surface area contributed by atoms with Crippen molar-refractivity contribution in [3.63, 3.8) is 0 Å². The predicted octanol–water partition coefficient (Wildman–Crippen LogP) is -0.509. The van der Waals surface area contributed by atoms with Gasteiger partial charge in [-0.15, -0.1) is 0 Å². The highest BCUT2D eigenvalue weighted by atomic mass is 31.2. The molecule has 0 aromatic carbocycles. The van der Waals surface area contributed by atoms with Crippen LogP contribution in [0.2, 0.25) is 0 Å². The predicted molar refractivity (Wildman–Crippen MR) is 60.0 cm³/mol. The van der Waals surface area contributed by atoms with Crippen molar-refractivity contribution in [3.05, 3.63) is 34.6 Å². The molecule has 1 rings (SSSR count). The van der Waals surface area contributed by atoms with E-state index in [2.05, 4.69) is 4.98 Å². The van der Waals surface area contributed by atoms with Crippen LogP contribution >= 0.6 is 7.60 Å². The van der Waals surface area contributed by atoms with E-state index < -0.39 is 13.3 Å². The van der Waals surface area contributed by atoms with Crippen LogP contribution in [0.25, 0.3) is 0 Å². The standard InChI is InChI=1S/C8H12N3O5P/c9-7-2-3-11(8(12)10-7)6-16-4-1-5-17(13,14)15/h1-3,5H,4,6H2,(H2,9,10,12)(H2,13,14,15). The number of nitrogen functional groups attached to an aromatic ring is 1. The van der Waals surface area contributed by atoms with Crippen molar-refractivity contribution in [3.8, 4) is 0 Å². The third-order valence-corrected chi connectivity index (χ3v) is 2.24. The van der Waals surface area contributed by atoms with Crippen LogP contribution in [0.4, 0.5) is 5.82 Å². The van der Waals surface area contributed by atoms with E-state index in [4.69, 9.17) is 20.3 Å².